The first-order valence-electron chi connectivity index (χ1n) is 4.82. The Hall–Kier alpha value is -0.960. The van der Waals surface area contributed by atoms with Gasteiger partial charge in [-0.15, -0.1) is 0 Å². The molecule has 3 heteroatoms. The molecular formula is C11H13F2N. The summed E-state index contributed by atoms with van der Waals surface area (Å²) in [5, 5.41) is 3.14. The van der Waals surface area contributed by atoms with Gasteiger partial charge in [0.15, 0.2) is 0 Å². The summed E-state index contributed by atoms with van der Waals surface area (Å²) in [5.74, 6) is -0.640. The first-order valence-corrected chi connectivity index (χ1v) is 4.82. The van der Waals surface area contributed by atoms with Gasteiger partial charge in [0.25, 0.3) is 0 Å². The van der Waals surface area contributed by atoms with E-state index in [9.17, 15) is 8.78 Å². The van der Waals surface area contributed by atoms with Crippen molar-refractivity contribution in [3.63, 3.8) is 0 Å². The molecule has 0 bridgehead atoms. The zero-order chi connectivity index (χ0) is 10.1. The fourth-order valence-electron chi connectivity index (χ4n) is 1.94. The maximum absolute atomic E-state index is 12.9. The Morgan fingerprint density at radius 3 is 2.21 bits per heavy atom. The molecular weight excluding hydrogens is 184 g/mol. The van der Waals surface area contributed by atoms with Crippen LogP contribution < -0.4 is 5.32 Å². The van der Waals surface area contributed by atoms with Gasteiger partial charge in [-0.3, -0.25) is 0 Å². The van der Waals surface area contributed by atoms with Crippen LogP contribution in [0.2, 0.25) is 0 Å². The molecule has 1 fully saturated rings. The van der Waals surface area contributed by atoms with E-state index in [1.54, 1.807) is 0 Å². The highest BCUT2D eigenvalue weighted by Gasteiger charge is 2.29. The van der Waals surface area contributed by atoms with Crippen LogP contribution in [0.3, 0.4) is 0 Å². The first kappa shape index (κ1) is 9.59. The van der Waals surface area contributed by atoms with E-state index < -0.39 is 11.6 Å². The van der Waals surface area contributed by atoms with Gasteiger partial charge in [-0.2, -0.15) is 0 Å². The molecule has 76 valence electrons. The Bertz CT molecular complexity index is 312. The van der Waals surface area contributed by atoms with Crippen molar-refractivity contribution in [3.8, 4) is 0 Å². The van der Waals surface area contributed by atoms with Crippen molar-refractivity contribution in [1.82, 2.24) is 5.32 Å². The quantitative estimate of drug-likeness (QED) is 0.767. The average molecular weight is 197 g/mol. The van der Waals surface area contributed by atoms with Crippen molar-refractivity contribution in [2.24, 2.45) is 0 Å². The molecule has 1 saturated carbocycles. The number of benzene rings is 1. The number of hydrogen-bond donors (Lipinski definition) is 1. The van der Waals surface area contributed by atoms with Crippen molar-refractivity contribution >= 4 is 0 Å². The fraction of sp³-hybridized carbons (Fsp3) is 0.455. The molecule has 1 aromatic carbocycles. The van der Waals surface area contributed by atoms with Gasteiger partial charge < -0.3 is 5.32 Å². The normalized spacial score (nSPS) is 25.9. The molecule has 1 aromatic rings. The van der Waals surface area contributed by atoms with Crippen molar-refractivity contribution in [2.45, 2.75) is 24.8 Å². The summed E-state index contributed by atoms with van der Waals surface area (Å²) in [6, 6.07) is 4.28. The molecule has 0 atom stereocenters. The summed E-state index contributed by atoms with van der Waals surface area (Å²) in [4.78, 5) is 0. The van der Waals surface area contributed by atoms with Crippen LogP contribution in [0.15, 0.2) is 18.2 Å². The zero-order valence-corrected chi connectivity index (χ0v) is 8.06. The molecule has 1 N–H and O–H groups in total. The van der Waals surface area contributed by atoms with Gasteiger partial charge in [0.2, 0.25) is 0 Å². The second-order valence-corrected chi connectivity index (χ2v) is 3.86. The highest BCUT2D eigenvalue weighted by molar-refractivity contribution is 5.24. The lowest BCUT2D eigenvalue weighted by atomic mass is 9.76. The second kappa shape index (κ2) is 3.65. The number of hydrogen-bond acceptors (Lipinski definition) is 1. The first-order chi connectivity index (χ1) is 6.69. The van der Waals surface area contributed by atoms with Gasteiger partial charge in [0.05, 0.1) is 0 Å². The number of halogens is 2. The third-order valence-corrected chi connectivity index (χ3v) is 2.90. The summed E-state index contributed by atoms with van der Waals surface area (Å²) in [5.41, 5.74) is 0.786. The minimum absolute atomic E-state index is 0.317. The monoisotopic (exact) mass is 197 g/mol. The Balaban J connectivity index is 2.10. The minimum atomic E-state index is -0.479. The molecule has 0 amide bonds. The zero-order valence-electron chi connectivity index (χ0n) is 8.06. The second-order valence-electron chi connectivity index (χ2n) is 3.86. The summed E-state index contributed by atoms with van der Waals surface area (Å²) < 4.78 is 25.7. The van der Waals surface area contributed by atoms with E-state index in [4.69, 9.17) is 0 Å². The largest absolute Gasteiger partial charge is 0.317 e. The van der Waals surface area contributed by atoms with Gasteiger partial charge >= 0.3 is 0 Å². The average Bonchev–Trinajstić information content (AvgIpc) is 2.00. The molecule has 0 unspecified atom stereocenters. The van der Waals surface area contributed by atoms with E-state index in [0.29, 0.717) is 12.0 Å². The molecule has 0 aliphatic heterocycles. The van der Waals surface area contributed by atoms with Crippen LogP contribution in [0.1, 0.15) is 24.3 Å². The topological polar surface area (TPSA) is 12.0 Å². The molecule has 0 heterocycles. The standard InChI is InChI=1S/C11H13F2N/c1-14-11-4-8(5-11)7-2-9(12)6-10(13)3-7/h2-3,6,8,11,14H,4-5H2,1H3. The van der Waals surface area contributed by atoms with E-state index in [0.717, 1.165) is 24.5 Å². The van der Waals surface area contributed by atoms with Crippen molar-refractivity contribution in [1.29, 1.82) is 0 Å². The van der Waals surface area contributed by atoms with E-state index in [-0.39, 0.29) is 0 Å². The number of nitrogens with one attached hydrogen (secondary N) is 1. The van der Waals surface area contributed by atoms with E-state index in [2.05, 4.69) is 5.32 Å². The van der Waals surface area contributed by atoms with Crippen LogP contribution in [-0.4, -0.2) is 13.1 Å². The highest BCUT2D eigenvalue weighted by atomic mass is 19.1. The smallest absolute Gasteiger partial charge is 0.126 e. The molecule has 1 aliphatic rings. The Morgan fingerprint density at radius 1 is 1.14 bits per heavy atom. The predicted octanol–water partition coefficient (Wildman–Crippen LogP) is 2.43. The van der Waals surface area contributed by atoms with Crippen LogP contribution in [0.25, 0.3) is 0 Å². The maximum Gasteiger partial charge on any atom is 0.126 e. The van der Waals surface area contributed by atoms with Gasteiger partial charge in [-0.1, -0.05) is 0 Å². The molecule has 0 radical (unpaired) electrons. The Labute approximate surface area is 82.1 Å². The summed E-state index contributed by atoms with van der Waals surface area (Å²) in [7, 11) is 1.91. The van der Waals surface area contributed by atoms with E-state index in [1.165, 1.54) is 12.1 Å². The maximum atomic E-state index is 12.9. The molecule has 0 aromatic heterocycles. The summed E-state index contributed by atoms with van der Waals surface area (Å²) in [6.45, 7) is 0. The van der Waals surface area contributed by atoms with Crippen LogP contribution in [-0.2, 0) is 0 Å². The Morgan fingerprint density at radius 2 is 1.71 bits per heavy atom. The van der Waals surface area contributed by atoms with E-state index >= 15 is 0 Å². The predicted molar refractivity (Wildman–Crippen MR) is 51.2 cm³/mol. The van der Waals surface area contributed by atoms with Crippen molar-refractivity contribution < 1.29 is 8.78 Å². The third-order valence-electron chi connectivity index (χ3n) is 2.90. The fourth-order valence-corrected chi connectivity index (χ4v) is 1.94. The van der Waals surface area contributed by atoms with Crippen LogP contribution >= 0.6 is 0 Å². The SMILES string of the molecule is CNC1CC(c2cc(F)cc(F)c2)C1. The van der Waals surface area contributed by atoms with Gasteiger partial charge in [-0.05, 0) is 43.5 Å². The lowest BCUT2D eigenvalue weighted by molar-refractivity contribution is 0.306. The van der Waals surface area contributed by atoms with Crippen LogP contribution in [0.4, 0.5) is 8.78 Å². The van der Waals surface area contributed by atoms with Crippen molar-refractivity contribution in [2.75, 3.05) is 7.05 Å². The van der Waals surface area contributed by atoms with E-state index in [1.807, 2.05) is 7.05 Å². The highest BCUT2D eigenvalue weighted by Crippen LogP contribution is 2.37. The molecule has 1 aliphatic carbocycles. The minimum Gasteiger partial charge on any atom is -0.317 e. The summed E-state index contributed by atoms with van der Waals surface area (Å²) >= 11 is 0. The number of rotatable bonds is 2. The van der Waals surface area contributed by atoms with Gasteiger partial charge in [0, 0.05) is 12.1 Å². The molecule has 14 heavy (non-hydrogen) atoms. The van der Waals surface area contributed by atoms with Crippen LogP contribution in [0.5, 0.6) is 0 Å². The summed E-state index contributed by atoms with van der Waals surface area (Å²) in [6.07, 6.45) is 1.94. The van der Waals surface area contributed by atoms with Gasteiger partial charge in [-0.25, -0.2) is 8.78 Å². The van der Waals surface area contributed by atoms with Crippen LogP contribution in [0, 0.1) is 11.6 Å². The van der Waals surface area contributed by atoms with Gasteiger partial charge in [0.1, 0.15) is 11.6 Å². The molecule has 0 spiro atoms. The third kappa shape index (κ3) is 1.77. The van der Waals surface area contributed by atoms with Crippen molar-refractivity contribution in [3.05, 3.63) is 35.4 Å². The lowest BCUT2D eigenvalue weighted by Gasteiger charge is -2.35. The molecule has 2 rings (SSSR count). The molecule has 0 saturated heterocycles. The lowest BCUT2D eigenvalue weighted by Crippen LogP contribution is -2.37. The Kier molecular flexibility index (Phi) is 2.50. The molecule has 1 nitrogen and oxygen atoms in total.